The highest BCUT2D eigenvalue weighted by Crippen LogP contribution is 2.28. The summed E-state index contributed by atoms with van der Waals surface area (Å²) in [6, 6.07) is 0. The third kappa shape index (κ3) is 3.11. The zero-order chi connectivity index (χ0) is 14.5. The third-order valence-corrected chi connectivity index (χ3v) is 3.72. The van der Waals surface area contributed by atoms with Crippen LogP contribution in [-0.2, 0) is 0 Å². The van der Waals surface area contributed by atoms with Crippen molar-refractivity contribution in [2.45, 2.75) is 18.4 Å². The molecule has 0 fully saturated rings. The van der Waals surface area contributed by atoms with Crippen LogP contribution < -0.4 is 4.90 Å². The average Bonchev–Trinajstić information content (AvgIpc) is 2.47. The molecule has 20 heavy (non-hydrogen) atoms. The van der Waals surface area contributed by atoms with Crippen molar-refractivity contribution in [2.75, 3.05) is 30.9 Å². The normalized spacial score (nSPS) is 11.0. The monoisotopic (exact) mass is 313 g/mol. The molecule has 8 heteroatoms. The lowest BCUT2D eigenvalue weighted by atomic mass is 10.3. The molecule has 0 saturated heterocycles. The molecule has 6 nitrogen and oxygen atoms in total. The van der Waals surface area contributed by atoms with E-state index in [1.807, 2.05) is 18.1 Å². The Morgan fingerprint density at radius 3 is 2.75 bits per heavy atom. The standard InChI is InChI=1S/C12H16ClN5OS/c1-3-18(5-4-6-19)10-8-9(16-12(13)17-10)11(20-2)15-7-14-8/h7,19H,3-6H2,1-2H3. The van der Waals surface area contributed by atoms with Crippen molar-refractivity contribution in [3.63, 3.8) is 0 Å². The molecule has 2 aromatic rings. The smallest absolute Gasteiger partial charge is 0.225 e. The van der Waals surface area contributed by atoms with Gasteiger partial charge >= 0.3 is 0 Å². The van der Waals surface area contributed by atoms with Crippen LogP contribution in [-0.4, -0.2) is 51.0 Å². The molecule has 2 rings (SSSR count). The van der Waals surface area contributed by atoms with Crippen molar-refractivity contribution in [3.8, 4) is 0 Å². The minimum absolute atomic E-state index is 0.137. The van der Waals surface area contributed by atoms with Gasteiger partial charge < -0.3 is 10.0 Å². The molecule has 0 saturated carbocycles. The first-order chi connectivity index (χ1) is 9.71. The molecule has 0 aromatic carbocycles. The largest absolute Gasteiger partial charge is 0.396 e. The van der Waals surface area contributed by atoms with Crippen molar-refractivity contribution in [2.24, 2.45) is 0 Å². The van der Waals surface area contributed by atoms with Crippen LogP contribution in [0, 0.1) is 0 Å². The van der Waals surface area contributed by atoms with E-state index < -0.39 is 0 Å². The Morgan fingerprint density at radius 2 is 2.10 bits per heavy atom. The molecule has 2 aromatic heterocycles. The van der Waals surface area contributed by atoms with Crippen LogP contribution in [0.25, 0.3) is 11.0 Å². The average molecular weight is 314 g/mol. The highest BCUT2D eigenvalue weighted by Gasteiger charge is 2.16. The van der Waals surface area contributed by atoms with Gasteiger partial charge in [-0.1, -0.05) is 0 Å². The summed E-state index contributed by atoms with van der Waals surface area (Å²) < 4.78 is 0. The van der Waals surface area contributed by atoms with Crippen LogP contribution >= 0.6 is 23.4 Å². The van der Waals surface area contributed by atoms with Gasteiger partial charge in [0.05, 0.1) is 0 Å². The van der Waals surface area contributed by atoms with E-state index >= 15 is 0 Å². The number of anilines is 1. The minimum atomic E-state index is 0.137. The van der Waals surface area contributed by atoms with Crippen LogP contribution in [0.5, 0.6) is 0 Å². The maximum Gasteiger partial charge on any atom is 0.225 e. The van der Waals surface area contributed by atoms with E-state index in [-0.39, 0.29) is 11.9 Å². The fraction of sp³-hybridized carbons (Fsp3) is 0.500. The fourth-order valence-electron chi connectivity index (χ4n) is 1.93. The highest BCUT2D eigenvalue weighted by atomic mass is 35.5. The Balaban J connectivity index is 2.56. The summed E-state index contributed by atoms with van der Waals surface area (Å²) in [6.07, 6.45) is 4.10. The lowest BCUT2D eigenvalue weighted by Gasteiger charge is -2.22. The van der Waals surface area contributed by atoms with Gasteiger partial charge in [0.2, 0.25) is 5.28 Å². The molecule has 1 N–H and O–H groups in total. The number of aliphatic hydroxyl groups is 1. The van der Waals surface area contributed by atoms with Crippen LogP contribution in [0.1, 0.15) is 13.3 Å². The lowest BCUT2D eigenvalue weighted by Crippen LogP contribution is -2.26. The Labute approximate surface area is 126 Å². The molecule has 0 radical (unpaired) electrons. The van der Waals surface area contributed by atoms with E-state index in [2.05, 4.69) is 19.9 Å². The molecule has 0 atom stereocenters. The van der Waals surface area contributed by atoms with Gasteiger partial charge in [-0.15, -0.1) is 11.8 Å². The van der Waals surface area contributed by atoms with Crippen LogP contribution in [0.3, 0.4) is 0 Å². The van der Waals surface area contributed by atoms with Crippen molar-refractivity contribution >= 4 is 40.2 Å². The number of rotatable bonds is 6. The molecule has 0 aliphatic carbocycles. The van der Waals surface area contributed by atoms with E-state index in [0.29, 0.717) is 29.8 Å². The summed E-state index contributed by atoms with van der Waals surface area (Å²) in [6.45, 7) is 3.60. The number of fused-ring (bicyclic) bond motifs is 1. The lowest BCUT2D eigenvalue weighted by molar-refractivity contribution is 0.289. The number of hydrogen-bond donors (Lipinski definition) is 1. The molecule has 108 valence electrons. The zero-order valence-electron chi connectivity index (χ0n) is 11.4. The minimum Gasteiger partial charge on any atom is -0.396 e. The molecule has 0 unspecified atom stereocenters. The van der Waals surface area contributed by atoms with Crippen molar-refractivity contribution < 1.29 is 5.11 Å². The Bertz CT molecular complexity index is 597. The second-order valence-electron chi connectivity index (χ2n) is 4.05. The van der Waals surface area contributed by atoms with Gasteiger partial charge in [0.1, 0.15) is 22.4 Å². The quantitative estimate of drug-likeness (QED) is 0.496. The van der Waals surface area contributed by atoms with Crippen molar-refractivity contribution in [1.29, 1.82) is 0 Å². The Hall–Kier alpha value is -1.18. The Kier molecular flexibility index (Phi) is 5.33. The van der Waals surface area contributed by atoms with Gasteiger partial charge in [0.15, 0.2) is 5.82 Å². The highest BCUT2D eigenvalue weighted by molar-refractivity contribution is 7.98. The predicted octanol–water partition coefficient (Wildman–Crippen LogP) is 2.00. The van der Waals surface area contributed by atoms with Gasteiger partial charge in [-0.05, 0) is 31.2 Å². The van der Waals surface area contributed by atoms with Gasteiger partial charge in [-0.25, -0.2) is 15.0 Å². The van der Waals surface area contributed by atoms with E-state index in [9.17, 15) is 0 Å². The van der Waals surface area contributed by atoms with Crippen molar-refractivity contribution in [1.82, 2.24) is 19.9 Å². The molecule has 0 spiro atoms. The van der Waals surface area contributed by atoms with Crippen molar-refractivity contribution in [3.05, 3.63) is 11.6 Å². The number of aliphatic hydroxyl groups excluding tert-OH is 1. The second kappa shape index (κ2) is 7.01. The number of halogens is 1. The topological polar surface area (TPSA) is 75.0 Å². The predicted molar refractivity (Wildman–Crippen MR) is 81.5 cm³/mol. The molecule has 0 amide bonds. The van der Waals surface area contributed by atoms with Crippen LogP contribution in [0.4, 0.5) is 5.82 Å². The summed E-state index contributed by atoms with van der Waals surface area (Å²) in [7, 11) is 0. The van der Waals surface area contributed by atoms with Gasteiger partial charge in [-0.3, -0.25) is 0 Å². The van der Waals surface area contributed by atoms with E-state index in [0.717, 1.165) is 11.6 Å². The first kappa shape index (κ1) is 15.2. The summed E-state index contributed by atoms with van der Waals surface area (Å²) >= 11 is 7.52. The zero-order valence-corrected chi connectivity index (χ0v) is 12.9. The number of thioether (sulfide) groups is 1. The summed E-state index contributed by atoms with van der Waals surface area (Å²) in [5, 5.41) is 9.95. The maximum absolute atomic E-state index is 8.99. The number of nitrogens with zero attached hydrogens (tertiary/aromatic N) is 5. The molecule has 0 aliphatic rings. The molecule has 0 aliphatic heterocycles. The number of aromatic nitrogens is 4. The first-order valence-corrected chi connectivity index (χ1v) is 7.89. The van der Waals surface area contributed by atoms with E-state index in [4.69, 9.17) is 16.7 Å². The summed E-state index contributed by atoms with van der Waals surface area (Å²) in [5.41, 5.74) is 1.35. The van der Waals surface area contributed by atoms with Crippen LogP contribution in [0.15, 0.2) is 11.4 Å². The summed E-state index contributed by atoms with van der Waals surface area (Å²) in [5.74, 6) is 0.689. The van der Waals surface area contributed by atoms with Gasteiger partial charge in [-0.2, -0.15) is 4.98 Å². The van der Waals surface area contributed by atoms with E-state index in [1.165, 1.54) is 18.1 Å². The third-order valence-electron chi connectivity index (χ3n) is 2.86. The molecule has 2 heterocycles. The van der Waals surface area contributed by atoms with E-state index in [1.54, 1.807) is 0 Å². The van der Waals surface area contributed by atoms with Crippen LogP contribution in [0.2, 0.25) is 5.28 Å². The van der Waals surface area contributed by atoms with Gasteiger partial charge in [0.25, 0.3) is 0 Å². The number of hydrogen-bond acceptors (Lipinski definition) is 7. The first-order valence-electron chi connectivity index (χ1n) is 6.29. The Morgan fingerprint density at radius 1 is 1.30 bits per heavy atom. The fourth-order valence-corrected chi connectivity index (χ4v) is 2.58. The summed E-state index contributed by atoms with van der Waals surface area (Å²) in [4.78, 5) is 19.1. The molecular formula is C12H16ClN5OS. The molecule has 0 bridgehead atoms. The van der Waals surface area contributed by atoms with Gasteiger partial charge in [0, 0.05) is 19.7 Å². The molecular weight excluding hydrogens is 298 g/mol. The second-order valence-corrected chi connectivity index (χ2v) is 5.19. The SMILES string of the molecule is CCN(CCCO)c1nc(Cl)nc2c(SC)ncnc12. The maximum atomic E-state index is 8.99.